The highest BCUT2D eigenvalue weighted by atomic mass is 16.7. The molecule has 59 heavy (non-hydrogen) atoms. The third kappa shape index (κ3) is 30.8. The Bertz CT molecular complexity index is 1060. The molecule has 0 bridgehead atoms. The van der Waals surface area contributed by atoms with Crippen LogP contribution in [0, 0.1) is 0 Å². The van der Waals surface area contributed by atoms with Crippen LogP contribution in [0.1, 0.15) is 206 Å². The average Bonchev–Trinajstić information content (AvgIpc) is 3.23. The van der Waals surface area contributed by atoms with Crippen molar-refractivity contribution in [1.82, 2.24) is 5.32 Å². The Balaban J connectivity index is 2.32. The van der Waals surface area contributed by atoms with Gasteiger partial charge in [0.25, 0.3) is 0 Å². The van der Waals surface area contributed by atoms with Crippen molar-refractivity contribution in [2.24, 2.45) is 0 Å². The zero-order valence-electron chi connectivity index (χ0n) is 37.7. The zero-order chi connectivity index (χ0) is 43.0. The van der Waals surface area contributed by atoms with Crippen molar-refractivity contribution < 1.29 is 39.8 Å². The number of hydrogen-bond acceptors (Lipinski definition) is 8. The second-order valence-electron chi connectivity index (χ2n) is 16.9. The molecular weight excluding hydrogens is 743 g/mol. The van der Waals surface area contributed by atoms with Crippen molar-refractivity contribution in [2.45, 2.75) is 249 Å². The van der Waals surface area contributed by atoms with Gasteiger partial charge in [-0.2, -0.15) is 0 Å². The Morgan fingerprint density at radius 2 is 1.05 bits per heavy atom. The van der Waals surface area contributed by atoms with Crippen molar-refractivity contribution in [2.75, 3.05) is 13.2 Å². The van der Waals surface area contributed by atoms with E-state index in [0.717, 1.165) is 77.0 Å². The largest absolute Gasteiger partial charge is 0.394 e. The smallest absolute Gasteiger partial charge is 0.220 e. The van der Waals surface area contributed by atoms with Gasteiger partial charge in [0.05, 0.1) is 25.4 Å². The summed E-state index contributed by atoms with van der Waals surface area (Å²) < 4.78 is 11.3. The van der Waals surface area contributed by atoms with Gasteiger partial charge in [0.2, 0.25) is 5.91 Å². The Labute approximate surface area is 361 Å². The molecular formula is C50H91NO8. The normalized spacial score (nSPS) is 21.1. The highest BCUT2D eigenvalue weighted by Gasteiger charge is 2.44. The van der Waals surface area contributed by atoms with Crippen LogP contribution in [0.5, 0.6) is 0 Å². The molecule has 0 spiro atoms. The zero-order valence-corrected chi connectivity index (χ0v) is 37.7. The van der Waals surface area contributed by atoms with Crippen LogP contribution < -0.4 is 5.32 Å². The van der Waals surface area contributed by atoms with Crippen molar-refractivity contribution in [3.63, 3.8) is 0 Å². The Hall–Kier alpha value is -1.85. The Kier molecular flexibility index (Phi) is 37.6. The number of amides is 1. The molecule has 1 aliphatic heterocycles. The van der Waals surface area contributed by atoms with Gasteiger partial charge in [-0.05, 0) is 51.4 Å². The van der Waals surface area contributed by atoms with Crippen LogP contribution in [-0.4, -0.2) is 87.5 Å². The predicted molar refractivity (Wildman–Crippen MR) is 244 cm³/mol. The fourth-order valence-corrected chi connectivity index (χ4v) is 7.56. The van der Waals surface area contributed by atoms with Crippen LogP contribution in [0.25, 0.3) is 0 Å². The first kappa shape index (κ1) is 55.2. The first-order valence-electron chi connectivity index (χ1n) is 24.3. The van der Waals surface area contributed by atoms with Gasteiger partial charge in [-0.25, -0.2) is 0 Å². The second-order valence-corrected chi connectivity index (χ2v) is 16.9. The quantitative estimate of drug-likeness (QED) is 0.0264. The van der Waals surface area contributed by atoms with Gasteiger partial charge in [-0.15, -0.1) is 0 Å². The van der Waals surface area contributed by atoms with Crippen molar-refractivity contribution in [3.05, 3.63) is 48.6 Å². The lowest BCUT2D eigenvalue weighted by atomic mass is 9.99. The average molecular weight is 834 g/mol. The molecule has 6 N–H and O–H groups in total. The number of unbranched alkanes of at least 4 members (excludes halogenated alkanes) is 22. The van der Waals surface area contributed by atoms with Gasteiger partial charge in [-0.3, -0.25) is 4.79 Å². The van der Waals surface area contributed by atoms with E-state index in [1.807, 2.05) is 0 Å². The highest BCUT2D eigenvalue weighted by molar-refractivity contribution is 5.76. The monoisotopic (exact) mass is 834 g/mol. The molecule has 1 saturated heterocycles. The molecule has 9 nitrogen and oxygen atoms in total. The topological polar surface area (TPSA) is 149 Å². The van der Waals surface area contributed by atoms with E-state index >= 15 is 0 Å². The molecule has 9 heteroatoms. The maximum absolute atomic E-state index is 13.0. The molecule has 0 aliphatic carbocycles. The molecule has 0 radical (unpaired) electrons. The lowest BCUT2D eigenvalue weighted by molar-refractivity contribution is -0.302. The van der Waals surface area contributed by atoms with E-state index in [0.29, 0.717) is 12.8 Å². The molecule has 0 aromatic heterocycles. The van der Waals surface area contributed by atoms with Gasteiger partial charge in [-0.1, -0.05) is 197 Å². The number of carbonyl (C=O) groups excluding carboxylic acids is 1. The summed E-state index contributed by atoms with van der Waals surface area (Å²) >= 11 is 0. The van der Waals surface area contributed by atoms with Gasteiger partial charge in [0, 0.05) is 6.42 Å². The van der Waals surface area contributed by atoms with Crippen molar-refractivity contribution in [1.29, 1.82) is 0 Å². The molecule has 7 unspecified atom stereocenters. The minimum absolute atomic E-state index is 0.145. The molecule has 1 fully saturated rings. The Morgan fingerprint density at radius 1 is 0.593 bits per heavy atom. The molecule has 0 saturated carbocycles. The number of rotatable bonds is 40. The first-order chi connectivity index (χ1) is 28.8. The Morgan fingerprint density at radius 3 is 1.56 bits per heavy atom. The number of nitrogens with one attached hydrogen (secondary N) is 1. The summed E-state index contributed by atoms with van der Waals surface area (Å²) in [6, 6.07) is -0.728. The minimum Gasteiger partial charge on any atom is -0.394 e. The lowest BCUT2D eigenvalue weighted by Gasteiger charge is -2.40. The fraction of sp³-hybridized carbons (Fsp3) is 0.820. The molecule has 1 heterocycles. The SMILES string of the molecule is CC/C=C\C/C=C\C/C=C\C/C=C\CCCCCCCCC(=O)NC(COC1OC(CO)C(O)C(O)C1O)C(O)CCCCCCCCCCCCCCCCCCC. The standard InChI is InChI=1S/C50H91NO8/c1-3-5-7-9-11-13-15-17-19-21-22-24-26-28-30-32-34-36-38-40-46(54)51-43(42-58-50-49(57)48(56)47(55)45(41-52)59-50)44(53)39-37-35-33-31-29-27-25-23-20-18-16-14-12-10-8-6-4-2/h5,7,11,13,17,19,22,24,43-45,47-50,52-53,55-57H,3-4,6,8-10,12,14-16,18,20-21,23,25-42H2,1-2H3,(H,51,54)/b7-5-,13-11-,19-17-,24-22-. The van der Waals surface area contributed by atoms with E-state index in [-0.39, 0.29) is 12.5 Å². The summed E-state index contributed by atoms with van der Waals surface area (Å²) in [6.45, 7) is 3.72. The molecule has 0 aromatic rings. The number of carbonyl (C=O) groups is 1. The second kappa shape index (κ2) is 40.2. The first-order valence-corrected chi connectivity index (χ1v) is 24.3. The fourth-order valence-electron chi connectivity index (χ4n) is 7.56. The maximum Gasteiger partial charge on any atom is 0.220 e. The molecule has 344 valence electrons. The summed E-state index contributed by atoms with van der Waals surface area (Å²) in [4.78, 5) is 13.0. The molecule has 7 atom stereocenters. The molecule has 0 aromatic carbocycles. The summed E-state index contributed by atoms with van der Waals surface area (Å²) in [6.07, 6.45) is 44.0. The van der Waals surface area contributed by atoms with E-state index in [1.54, 1.807) is 0 Å². The van der Waals surface area contributed by atoms with Crippen molar-refractivity contribution in [3.8, 4) is 0 Å². The molecule has 1 rings (SSSR count). The van der Waals surface area contributed by atoms with E-state index in [1.165, 1.54) is 103 Å². The molecule has 1 amide bonds. The highest BCUT2D eigenvalue weighted by Crippen LogP contribution is 2.23. The van der Waals surface area contributed by atoms with Crippen LogP contribution in [0.15, 0.2) is 48.6 Å². The predicted octanol–water partition coefficient (Wildman–Crippen LogP) is 10.6. The number of aliphatic hydroxyl groups excluding tert-OH is 5. The molecule has 1 aliphatic rings. The van der Waals surface area contributed by atoms with E-state index in [9.17, 15) is 30.3 Å². The van der Waals surface area contributed by atoms with Crippen LogP contribution >= 0.6 is 0 Å². The van der Waals surface area contributed by atoms with E-state index in [2.05, 4.69) is 67.8 Å². The van der Waals surface area contributed by atoms with E-state index in [4.69, 9.17) is 9.47 Å². The van der Waals surface area contributed by atoms with Gasteiger partial charge >= 0.3 is 0 Å². The number of allylic oxidation sites excluding steroid dienone is 8. The third-order valence-electron chi connectivity index (χ3n) is 11.4. The van der Waals surface area contributed by atoms with Crippen molar-refractivity contribution >= 4 is 5.91 Å². The minimum atomic E-state index is -1.56. The van der Waals surface area contributed by atoms with Gasteiger partial charge in [0.1, 0.15) is 24.4 Å². The lowest BCUT2D eigenvalue weighted by Crippen LogP contribution is -2.60. The number of hydrogen-bond donors (Lipinski definition) is 6. The summed E-state index contributed by atoms with van der Waals surface area (Å²) in [5.41, 5.74) is 0. The van der Waals surface area contributed by atoms with Crippen LogP contribution in [0.3, 0.4) is 0 Å². The summed E-state index contributed by atoms with van der Waals surface area (Å²) in [5.74, 6) is -0.159. The van der Waals surface area contributed by atoms with Gasteiger partial charge < -0.3 is 40.3 Å². The maximum atomic E-state index is 13.0. The number of aliphatic hydroxyl groups is 5. The van der Waals surface area contributed by atoms with E-state index < -0.39 is 49.5 Å². The summed E-state index contributed by atoms with van der Waals surface area (Å²) in [5, 5.41) is 54.4. The number of ether oxygens (including phenoxy) is 2. The van der Waals surface area contributed by atoms with Crippen LogP contribution in [0.2, 0.25) is 0 Å². The van der Waals surface area contributed by atoms with Gasteiger partial charge in [0.15, 0.2) is 6.29 Å². The summed E-state index contributed by atoms with van der Waals surface area (Å²) in [7, 11) is 0. The van der Waals surface area contributed by atoms with Crippen LogP contribution in [0.4, 0.5) is 0 Å². The van der Waals surface area contributed by atoms with Crippen LogP contribution in [-0.2, 0) is 14.3 Å². The third-order valence-corrected chi connectivity index (χ3v) is 11.4.